The molecule has 1 aliphatic rings. The lowest BCUT2D eigenvalue weighted by Gasteiger charge is -2.37. The number of halogens is 1. The smallest absolute Gasteiger partial charge is 0.250 e. The monoisotopic (exact) mass is 436 g/mol. The van der Waals surface area contributed by atoms with E-state index < -0.39 is 16.1 Å². The van der Waals surface area contributed by atoms with Crippen LogP contribution in [-0.4, -0.2) is 40.3 Å². The van der Waals surface area contributed by atoms with Gasteiger partial charge in [0.15, 0.2) is 0 Å². The van der Waals surface area contributed by atoms with E-state index in [-0.39, 0.29) is 11.6 Å². The minimum atomic E-state index is -3.79. The van der Waals surface area contributed by atoms with Gasteiger partial charge in [-0.05, 0) is 49.1 Å². The first kappa shape index (κ1) is 21.5. The highest BCUT2D eigenvalue weighted by Crippen LogP contribution is 2.36. The molecule has 0 unspecified atom stereocenters. The van der Waals surface area contributed by atoms with E-state index in [1.54, 1.807) is 24.0 Å². The molecule has 0 saturated carbocycles. The normalized spacial score (nSPS) is 14.8. The fourth-order valence-corrected chi connectivity index (χ4v) is 5.16. The highest BCUT2D eigenvalue weighted by Gasteiger charge is 2.37. The average Bonchev–Trinajstić information content (AvgIpc) is 2.70. The standard InChI is InChI=1S/C21H25ClN2O4S/c1-4-17(21(25)23-13-7-9-15-8-5-6-10-18(15)23)24(29(3,26)27)19-14-16(22)11-12-20(19)28-2/h5-6,8,10-12,14,17H,4,7,9,13H2,1-3H3/t17-/m1/s1. The summed E-state index contributed by atoms with van der Waals surface area (Å²) in [6.45, 7) is 2.35. The maximum absolute atomic E-state index is 13.6. The van der Waals surface area contributed by atoms with Crippen LogP contribution in [-0.2, 0) is 21.2 Å². The molecule has 3 rings (SSSR count). The van der Waals surface area contributed by atoms with Gasteiger partial charge in [-0.25, -0.2) is 8.42 Å². The van der Waals surface area contributed by atoms with Gasteiger partial charge in [0.2, 0.25) is 10.0 Å². The Kier molecular flexibility index (Phi) is 6.39. The number of hydrogen-bond donors (Lipinski definition) is 0. The topological polar surface area (TPSA) is 66.9 Å². The summed E-state index contributed by atoms with van der Waals surface area (Å²) in [7, 11) is -2.34. The molecule has 1 aliphatic heterocycles. The van der Waals surface area contributed by atoms with Gasteiger partial charge >= 0.3 is 0 Å². The van der Waals surface area contributed by atoms with Crippen LogP contribution in [0.2, 0.25) is 5.02 Å². The minimum Gasteiger partial charge on any atom is -0.495 e. The van der Waals surface area contributed by atoms with Gasteiger partial charge in [0.1, 0.15) is 11.8 Å². The number of rotatable bonds is 6. The van der Waals surface area contributed by atoms with Crippen molar-refractivity contribution >= 4 is 38.9 Å². The molecule has 6 nitrogen and oxygen atoms in total. The van der Waals surface area contributed by atoms with Crippen LogP contribution in [0.3, 0.4) is 0 Å². The van der Waals surface area contributed by atoms with Gasteiger partial charge in [-0.1, -0.05) is 36.7 Å². The highest BCUT2D eigenvalue weighted by atomic mass is 35.5. The van der Waals surface area contributed by atoms with Crippen molar-refractivity contribution in [1.29, 1.82) is 0 Å². The molecule has 0 fully saturated rings. The molecule has 0 aliphatic carbocycles. The van der Waals surface area contributed by atoms with Gasteiger partial charge in [0.25, 0.3) is 5.91 Å². The second-order valence-corrected chi connectivity index (χ2v) is 9.32. The lowest BCUT2D eigenvalue weighted by molar-refractivity contribution is -0.119. The number of ether oxygens (including phenoxy) is 1. The van der Waals surface area contributed by atoms with Crippen molar-refractivity contribution in [3.63, 3.8) is 0 Å². The Morgan fingerprint density at radius 2 is 2.00 bits per heavy atom. The first-order chi connectivity index (χ1) is 13.8. The molecule has 0 N–H and O–H groups in total. The average molecular weight is 437 g/mol. The van der Waals surface area contributed by atoms with Gasteiger partial charge in [-0.3, -0.25) is 9.10 Å². The van der Waals surface area contributed by atoms with E-state index in [2.05, 4.69) is 0 Å². The van der Waals surface area contributed by atoms with Crippen LogP contribution in [0.15, 0.2) is 42.5 Å². The third kappa shape index (κ3) is 4.36. The van der Waals surface area contributed by atoms with Gasteiger partial charge in [0.05, 0.1) is 19.1 Å². The Bertz CT molecular complexity index is 1010. The predicted molar refractivity (Wildman–Crippen MR) is 117 cm³/mol. The summed E-state index contributed by atoms with van der Waals surface area (Å²) in [5, 5.41) is 0.361. The zero-order valence-electron chi connectivity index (χ0n) is 16.8. The molecule has 0 spiro atoms. The maximum atomic E-state index is 13.6. The Labute approximate surface area is 177 Å². The number of hydrogen-bond acceptors (Lipinski definition) is 4. The largest absolute Gasteiger partial charge is 0.495 e. The fraction of sp³-hybridized carbons (Fsp3) is 0.381. The van der Waals surface area contributed by atoms with Crippen molar-refractivity contribution in [2.75, 3.05) is 29.1 Å². The lowest BCUT2D eigenvalue weighted by Crippen LogP contribution is -2.52. The number of aryl methyl sites for hydroxylation is 1. The summed E-state index contributed by atoms with van der Waals surface area (Å²) in [6, 6.07) is 11.6. The molecule has 0 bridgehead atoms. The number of para-hydroxylation sites is 1. The number of sulfonamides is 1. The summed E-state index contributed by atoms with van der Waals surface area (Å²) in [5.41, 5.74) is 2.19. The van der Waals surface area contributed by atoms with E-state index in [4.69, 9.17) is 16.3 Å². The molecule has 1 amide bonds. The van der Waals surface area contributed by atoms with E-state index in [1.807, 2.05) is 24.3 Å². The first-order valence-electron chi connectivity index (χ1n) is 9.50. The summed E-state index contributed by atoms with van der Waals surface area (Å²) in [5.74, 6) is 0.0808. The van der Waals surface area contributed by atoms with Gasteiger partial charge in [-0.2, -0.15) is 0 Å². The van der Waals surface area contributed by atoms with Crippen LogP contribution in [0.4, 0.5) is 11.4 Å². The van der Waals surface area contributed by atoms with Gasteiger partial charge in [0, 0.05) is 17.3 Å². The minimum absolute atomic E-state index is 0.257. The van der Waals surface area contributed by atoms with Gasteiger partial charge in [-0.15, -0.1) is 0 Å². The number of carbonyl (C=O) groups excluding carboxylic acids is 1. The highest BCUT2D eigenvalue weighted by molar-refractivity contribution is 7.92. The summed E-state index contributed by atoms with van der Waals surface area (Å²) in [6.07, 6.45) is 3.13. The molecular weight excluding hydrogens is 412 g/mol. The molecule has 0 saturated heterocycles. The second kappa shape index (κ2) is 8.63. The molecule has 2 aromatic rings. The van der Waals surface area contributed by atoms with Crippen molar-refractivity contribution in [2.45, 2.75) is 32.2 Å². The molecule has 1 heterocycles. The first-order valence-corrected chi connectivity index (χ1v) is 11.7. The quantitative estimate of drug-likeness (QED) is 0.689. The maximum Gasteiger partial charge on any atom is 0.250 e. The molecule has 156 valence electrons. The van der Waals surface area contributed by atoms with E-state index >= 15 is 0 Å². The number of benzene rings is 2. The number of methoxy groups -OCH3 is 1. The van der Waals surface area contributed by atoms with Crippen molar-refractivity contribution < 1.29 is 17.9 Å². The Morgan fingerprint density at radius 3 is 2.66 bits per heavy atom. The van der Waals surface area contributed by atoms with E-state index in [0.717, 1.165) is 34.7 Å². The van der Waals surface area contributed by atoms with Crippen molar-refractivity contribution in [3.05, 3.63) is 53.1 Å². The fourth-order valence-electron chi connectivity index (χ4n) is 3.80. The molecule has 29 heavy (non-hydrogen) atoms. The zero-order chi connectivity index (χ0) is 21.2. The Morgan fingerprint density at radius 1 is 1.28 bits per heavy atom. The van der Waals surface area contributed by atoms with Crippen LogP contribution in [0.5, 0.6) is 5.75 Å². The number of amides is 1. The Balaban J connectivity index is 2.09. The van der Waals surface area contributed by atoms with Crippen molar-refractivity contribution in [3.8, 4) is 5.75 Å². The second-order valence-electron chi connectivity index (χ2n) is 7.02. The molecule has 0 radical (unpaired) electrons. The third-order valence-corrected chi connectivity index (χ3v) is 6.47. The Hall–Kier alpha value is -2.25. The van der Waals surface area contributed by atoms with Crippen molar-refractivity contribution in [2.24, 2.45) is 0 Å². The number of carbonyl (C=O) groups is 1. The van der Waals surface area contributed by atoms with Crippen LogP contribution in [0.25, 0.3) is 0 Å². The molecule has 2 aromatic carbocycles. The van der Waals surface area contributed by atoms with Crippen LogP contribution < -0.4 is 13.9 Å². The van der Waals surface area contributed by atoms with Crippen LogP contribution in [0, 0.1) is 0 Å². The van der Waals surface area contributed by atoms with E-state index in [9.17, 15) is 13.2 Å². The lowest BCUT2D eigenvalue weighted by atomic mass is 10.0. The zero-order valence-corrected chi connectivity index (χ0v) is 18.3. The number of nitrogens with zero attached hydrogens (tertiary/aromatic N) is 2. The van der Waals surface area contributed by atoms with E-state index in [0.29, 0.717) is 23.7 Å². The summed E-state index contributed by atoms with van der Waals surface area (Å²) >= 11 is 6.14. The van der Waals surface area contributed by atoms with Crippen molar-refractivity contribution in [1.82, 2.24) is 0 Å². The van der Waals surface area contributed by atoms with Gasteiger partial charge < -0.3 is 9.64 Å². The SMILES string of the molecule is CC[C@H](C(=O)N1CCCc2ccccc21)N(c1cc(Cl)ccc1OC)S(C)(=O)=O. The number of anilines is 2. The molecule has 8 heteroatoms. The molecule has 1 atom stereocenters. The van der Waals surface area contributed by atoms with E-state index in [1.165, 1.54) is 13.2 Å². The predicted octanol–water partition coefficient (Wildman–Crippen LogP) is 3.87. The third-order valence-electron chi connectivity index (χ3n) is 5.07. The summed E-state index contributed by atoms with van der Waals surface area (Å²) in [4.78, 5) is 15.3. The summed E-state index contributed by atoms with van der Waals surface area (Å²) < 4.78 is 32.1. The molecule has 0 aromatic heterocycles. The van der Waals surface area contributed by atoms with Crippen LogP contribution in [0.1, 0.15) is 25.3 Å². The molecular formula is C21H25ClN2O4S. The van der Waals surface area contributed by atoms with Crippen LogP contribution >= 0.6 is 11.6 Å². The number of fused-ring (bicyclic) bond motifs is 1.